The lowest BCUT2D eigenvalue weighted by Gasteiger charge is -2.15. The number of rotatable bonds is 6. The molecular formula is C25H20Cl2FNO2. The van der Waals surface area contributed by atoms with E-state index in [9.17, 15) is 9.18 Å². The largest absolute Gasteiger partial charge is 0.486 e. The molecule has 0 fully saturated rings. The van der Waals surface area contributed by atoms with Crippen molar-refractivity contribution in [2.45, 2.75) is 20.0 Å². The molecule has 0 saturated heterocycles. The zero-order valence-electron chi connectivity index (χ0n) is 16.9. The normalized spacial score (nSPS) is 14.3. The molecule has 31 heavy (non-hydrogen) atoms. The number of ether oxygens (including phenoxy) is 1. The molecule has 1 heterocycles. The average molecular weight is 456 g/mol. The monoisotopic (exact) mass is 455 g/mol. The van der Waals surface area contributed by atoms with Gasteiger partial charge >= 0.3 is 0 Å². The predicted octanol–water partition coefficient (Wildman–Crippen LogP) is 7.01. The van der Waals surface area contributed by atoms with Crippen LogP contribution in [0.2, 0.25) is 10.0 Å². The maximum atomic E-state index is 13.4. The van der Waals surface area contributed by atoms with Gasteiger partial charge in [0.15, 0.2) is 5.75 Å². The fourth-order valence-corrected chi connectivity index (χ4v) is 4.25. The second kappa shape index (κ2) is 9.13. The Morgan fingerprint density at radius 2 is 1.77 bits per heavy atom. The molecule has 3 aromatic rings. The van der Waals surface area contributed by atoms with Crippen molar-refractivity contribution in [3.63, 3.8) is 0 Å². The van der Waals surface area contributed by atoms with E-state index in [1.54, 1.807) is 35.2 Å². The highest BCUT2D eigenvalue weighted by Crippen LogP contribution is 2.40. The third-order valence-electron chi connectivity index (χ3n) is 5.01. The Kier molecular flexibility index (Phi) is 6.30. The third-order valence-corrected chi connectivity index (χ3v) is 5.57. The van der Waals surface area contributed by atoms with Gasteiger partial charge in [0.2, 0.25) is 0 Å². The smallest absolute Gasteiger partial charge is 0.258 e. The Morgan fingerprint density at radius 1 is 1.03 bits per heavy atom. The lowest BCUT2D eigenvalue weighted by atomic mass is 10.0. The fraction of sp³-hybridized carbons (Fsp3) is 0.160. The summed E-state index contributed by atoms with van der Waals surface area (Å²) in [5.41, 5.74) is 3.77. The summed E-state index contributed by atoms with van der Waals surface area (Å²) in [5.74, 6) is -0.0545. The molecular weight excluding hydrogens is 436 g/mol. The molecule has 0 saturated carbocycles. The maximum absolute atomic E-state index is 13.4. The summed E-state index contributed by atoms with van der Waals surface area (Å²) in [7, 11) is 0. The van der Waals surface area contributed by atoms with Crippen LogP contribution >= 0.6 is 23.2 Å². The number of hydrogen-bond donors (Lipinski definition) is 0. The molecule has 4 rings (SSSR count). The third kappa shape index (κ3) is 4.46. The number of carbonyl (C=O) groups is 1. The van der Waals surface area contributed by atoms with Crippen LogP contribution in [0, 0.1) is 5.82 Å². The van der Waals surface area contributed by atoms with E-state index in [0.717, 1.165) is 17.7 Å². The second-order valence-corrected chi connectivity index (χ2v) is 8.08. The van der Waals surface area contributed by atoms with Gasteiger partial charge in [0, 0.05) is 17.7 Å². The molecule has 1 amide bonds. The molecule has 3 aromatic carbocycles. The van der Waals surface area contributed by atoms with Gasteiger partial charge in [-0.2, -0.15) is 0 Å². The van der Waals surface area contributed by atoms with Crippen LogP contribution in [-0.4, -0.2) is 12.5 Å². The number of amides is 1. The molecule has 6 heteroatoms. The van der Waals surface area contributed by atoms with Crippen molar-refractivity contribution in [3.05, 3.63) is 93.2 Å². The molecule has 0 bridgehead atoms. The van der Waals surface area contributed by atoms with Crippen LogP contribution in [0.5, 0.6) is 5.75 Å². The summed E-state index contributed by atoms with van der Waals surface area (Å²) in [5, 5.41) is 0.639. The number of nitrogens with zero attached hydrogens (tertiary/aromatic N) is 1. The van der Waals surface area contributed by atoms with Crippen LogP contribution in [0.15, 0.2) is 60.7 Å². The van der Waals surface area contributed by atoms with Crippen molar-refractivity contribution in [2.75, 3.05) is 11.4 Å². The minimum absolute atomic E-state index is 0.0401. The van der Waals surface area contributed by atoms with E-state index in [-0.39, 0.29) is 18.3 Å². The Balaban J connectivity index is 1.62. The van der Waals surface area contributed by atoms with Gasteiger partial charge in [-0.15, -0.1) is 0 Å². The molecule has 0 aliphatic carbocycles. The van der Waals surface area contributed by atoms with E-state index >= 15 is 0 Å². The summed E-state index contributed by atoms with van der Waals surface area (Å²) in [6, 6.07) is 17.3. The van der Waals surface area contributed by atoms with Crippen molar-refractivity contribution in [3.8, 4) is 5.75 Å². The van der Waals surface area contributed by atoms with Crippen LogP contribution in [0.3, 0.4) is 0 Å². The van der Waals surface area contributed by atoms with Crippen molar-refractivity contribution in [1.82, 2.24) is 0 Å². The Bertz CT molecular complexity index is 1150. The minimum Gasteiger partial charge on any atom is -0.486 e. The number of carbonyl (C=O) groups excluding carboxylic acids is 1. The summed E-state index contributed by atoms with van der Waals surface area (Å²) in [4.78, 5) is 14.8. The van der Waals surface area contributed by atoms with Crippen molar-refractivity contribution in [2.24, 2.45) is 0 Å². The highest BCUT2D eigenvalue weighted by atomic mass is 35.5. The van der Waals surface area contributed by atoms with Crippen molar-refractivity contribution >= 4 is 46.4 Å². The minimum atomic E-state index is -0.334. The van der Waals surface area contributed by atoms with E-state index in [4.69, 9.17) is 27.9 Å². The van der Waals surface area contributed by atoms with Crippen LogP contribution < -0.4 is 9.64 Å². The summed E-state index contributed by atoms with van der Waals surface area (Å²) < 4.78 is 19.1. The quantitative estimate of drug-likeness (QED) is 0.374. The average Bonchev–Trinajstić information content (AvgIpc) is 3.00. The molecule has 0 unspecified atom stereocenters. The molecule has 1 aliphatic rings. The van der Waals surface area contributed by atoms with Gasteiger partial charge in [-0.25, -0.2) is 4.39 Å². The molecule has 0 radical (unpaired) electrons. The van der Waals surface area contributed by atoms with Crippen LogP contribution in [0.1, 0.15) is 30.0 Å². The van der Waals surface area contributed by atoms with Gasteiger partial charge in [0.25, 0.3) is 5.91 Å². The Hall–Kier alpha value is -2.82. The fourth-order valence-electron chi connectivity index (χ4n) is 3.64. The highest BCUT2D eigenvalue weighted by molar-refractivity contribution is 6.38. The number of hydrogen-bond acceptors (Lipinski definition) is 2. The summed E-state index contributed by atoms with van der Waals surface area (Å²) in [6.45, 7) is 2.83. The topological polar surface area (TPSA) is 29.5 Å². The summed E-state index contributed by atoms with van der Waals surface area (Å²) >= 11 is 12.8. The number of benzene rings is 3. The van der Waals surface area contributed by atoms with Crippen LogP contribution in [-0.2, 0) is 11.4 Å². The standard InChI is InChI=1S/C25H20Cl2FNO2/c1-2-10-29-23-9-4-3-8-19(23)20(25(29)30)12-17-13-21(26)24(22(27)14-17)31-15-16-6-5-7-18(28)11-16/h3-9,11-14H,2,10,15H2,1H3/b20-12-. The molecule has 0 atom stereocenters. The van der Waals surface area contributed by atoms with Crippen LogP contribution in [0.4, 0.5) is 10.1 Å². The first-order valence-electron chi connectivity index (χ1n) is 9.97. The number of halogens is 3. The first-order chi connectivity index (χ1) is 15.0. The molecule has 3 nitrogen and oxygen atoms in total. The van der Waals surface area contributed by atoms with Gasteiger partial charge < -0.3 is 9.64 Å². The van der Waals surface area contributed by atoms with E-state index < -0.39 is 0 Å². The maximum Gasteiger partial charge on any atom is 0.258 e. The zero-order chi connectivity index (χ0) is 22.0. The van der Waals surface area contributed by atoms with E-state index in [0.29, 0.717) is 39.0 Å². The van der Waals surface area contributed by atoms with Gasteiger partial charge in [0.1, 0.15) is 12.4 Å². The molecule has 0 spiro atoms. The molecule has 0 N–H and O–H groups in total. The number of fused-ring (bicyclic) bond motifs is 1. The van der Waals surface area contributed by atoms with Gasteiger partial charge in [-0.1, -0.05) is 60.5 Å². The molecule has 0 aromatic heterocycles. The number of anilines is 1. The van der Waals surface area contributed by atoms with Crippen molar-refractivity contribution in [1.29, 1.82) is 0 Å². The Labute approximate surface area is 190 Å². The molecule has 158 valence electrons. The number of para-hydroxylation sites is 1. The zero-order valence-corrected chi connectivity index (χ0v) is 18.4. The predicted molar refractivity (Wildman–Crippen MR) is 124 cm³/mol. The van der Waals surface area contributed by atoms with Gasteiger partial charge in [-0.3, -0.25) is 4.79 Å². The van der Waals surface area contributed by atoms with Crippen molar-refractivity contribution < 1.29 is 13.9 Å². The molecule has 1 aliphatic heterocycles. The first-order valence-corrected chi connectivity index (χ1v) is 10.7. The highest BCUT2D eigenvalue weighted by Gasteiger charge is 2.31. The van der Waals surface area contributed by atoms with E-state index in [1.165, 1.54) is 12.1 Å². The summed E-state index contributed by atoms with van der Waals surface area (Å²) in [6.07, 6.45) is 2.66. The first kappa shape index (κ1) is 21.4. The van der Waals surface area contributed by atoms with E-state index in [1.807, 2.05) is 31.2 Å². The van der Waals surface area contributed by atoms with Crippen LogP contribution in [0.25, 0.3) is 11.6 Å². The van der Waals surface area contributed by atoms with Gasteiger partial charge in [0.05, 0.1) is 15.7 Å². The van der Waals surface area contributed by atoms with Gasteiger partial charge in [-0.05, 0) is 54.0 Å². The Morgan fingerprint density at radius 3 is 2.48 bits per heavy atom. The SMILES string of the molecule is CCCN1C(=O)/C(=C\c2cc(Cl)c(OCc3cccc(F)c3)c(Cl)c2)c2ccccc21. The second-order valence-electron chi connectivity index (χ2n) is 7.26. The van der Waals surface area contributed by atoms with E-state index in [2.05, 4.69) is 0 Å². The lowest BCUT2D eigenvalue weighted by Crippen LogP contribution is -2.26. The lowest BCUT2D eigenvalue weighted by molar-refractivity contribution is -0.113.